The summed E-state index contributed by atoms with van der Waals surface area (Å²) in [6.07, 6.45) is 1.67. The van der Waals surface area contributed by atoms with E-state index in [1.165, 1.54) is 16.8 Å². The average Bonchev–Trinajstić information content (AvgIpc) is 3.07. The van der Waals surface area contributed by atoms with E-state index in [0.29, 0.717) is 17.1 Å². The van der Waals surface area contributed by atoms with E-state index in [4.69, 9.17) is 0 Å². The minimum atomic E-state index is -0.705. The summed E-state index contributed by atoms with van der Waals surface area (Å²) in [5.74, 6) is -1.10. The number of halogens is 1. The predicted octanol–water partition coefficient (Wildman–Crippen LogP) is 3.33. The highest BCUT2D eigenvalue weighted by Gasteiger charge is 2.09. The summed E-state index contributed by atoms with van der Waals surface area (Å²) in [5, 5.41) is 18.4. The number of phenols is 1. The Kier molecular flexibility index (Phi) is 3.01. The third kappa shape index (κ3) is 2.40. The van der Waals surface area contributed by atoms with Gasteiger partial charge in [0.15, 0.2) is 11.6 Å². The first kappa shape index (κ1) is 13.4. The van der Waals surface area contributed by atoms with Crippen molar-refractivity contribution in [1.82, 2.24) is 20.0 Å². The van der Waals surface area contributed by atoms with E-state index < -0.39 is 11.6 Å². The number of rotatable bonds is 2. The van der Waals surface area contributed by atoms with Gasteiger partial charge in [-0.15, -0.1) is 5.10 Å². The van der Waals surface area contributed by atoms with Crippen molar-refractivity contribution in [2.45, 2.75) is 0 Å². The quantitative estimate of drug-likeness (QED) is 0.617. The molecule has 0 fully saturated rings. The number of pyridine rings is 1. The molecule has 0 unspecified atom stereocenters. The summed E-state index contributed by atoms with van der Waals surface area (Å²) in [6.45, 7) is 0. The lowest BCUT2D eigenvalue weighted by Crippen LogP contribution is -1.95. The van der Waals surface area contributed by atoms with Crippen LogP contribution in [-0.4, -0.2) is 25.1 Å². The topological polar surface area (TPSA) is 63.8 Å². The molecule has 0 bridgehead atoms. The van der Waals surface area contributed by atoms with Gasteiger partial charge in [0.1, 0.15) is 5.69 Å². The molecule has 0 aliphatic heterocycles. The van der Waals surface area contributed by atoms with Gasteiger partial charge in [-0.05, 0) is 24.3 Å². The van der Waals surface area contributed by atoms with E-state index in [0.717, 1.165) is 10.9 Å². The number of phenolic OH excluding ortho intramolecular Hbond substituents is 1. The number of hydrogen-bond acceptors (Lipinski definition) is 4. The summed E-state index contributed by atoms with van der Waals surface area (Å²) in [5.41, 5.74) is 2.62. The van der Waals surface area contributed by atoms with Gasteiger partial charge >= 0.3 is 0 Å². The zero-order valence-electron chi connectivity index (χ0n) is 11.9. The molecule has 2 aromatic carbocycles. The monoisotopic (exact) mass is 306 g/mol. The van der Waals surface area contributed by atoms with Gasteiger partial charge < -0.3 is 5.11 Å². The Bertz CT molecular complexity index is 1010. The van der Waals surface area contributed by atoms with Crippen LogP contribution in [0.15, 0.2) is 60.8 Å². The maximum atomic E-state index is 13.4. The second-order valence-corrected chi connectivity index (χ2v) is 5.07. The fourth-order valence-electron chi connectivity index (χ4n) is 2.35. The Labute approximate surface area is 130 Å². The van der Waals surface area contributed by atoms with Gasteiger partial charge in [-0.25, -0.2) is 14.1 Å². The number of aromatic hydroxyl groups is 1. The molecule has 5 nitrogen and oxygen atoms in total. The summed E-state index contributed by atoms with van der Waals surface area (Å²) < 4.78 is 14.9. The molecule has 0 spiro atoms. The molecule has 4 rings (SSSR count). The molecule has 0 aliphatic rings. The second-order valence-electron chi connectivity index (χ2n) is 5.07. The minimum absolute atomic E-state index is 0.398. The number of hydrogen-bond donors (Lipinski definition) is 1. The summed E-state index contributed by atoms with van der Waals surface area (Å²) in [6, 6.07) is 15.7. The first-order chi connectivity index (χ1) is 11.2. The number of nitrogens with zero attached hydrogens (tertiary/aromatic N) is 4. The van der Waals surface area contributed by atoms with E-state index in [1.54, 1.807) is 12.3 Å². The van der Waals surface area contributed by atoms with Crippen LogP contribution in [0.4, 0.5) is 4.39 Å². The SMILES string of the molecule is Oc1ccc(-n2cc(-c3ccc4ccccc4n3)nn2)cc1F. The van der Waals surface area contributed by atoms with Gasteiger partial charge in [0, 0.05) is 11.5 Å². The number of para-hydroxylation sites is 1. The van der Waals surface area contributed by atoms with Crippen LogP contribution in [0.25, 0.3) is 28.0 Å². The smallest absolute Gasteiger partial charge is 0.166 e. The molecule has 0 amide bonds. The Morgan fingerprint density at radius 2 is 1.83 bits per heavy atom. The molecular formula is C17H11FN4O. The maximum absolute atomic E-state index is 13.4. The molecule has 0 saturated heterocycles. The molecule has 0 radical (unpaired) electrons. The molecule has 1 N–H and O–H groups in total. The summed E-state index contributed by atoms with van der Waals surface area (Å²) in [7, 11) is 0. The molecule has 112 valence electrons. The lowest BCUT2D eigenvalue weighted by Gasteiger charge is -2.01. The van der Waals surface area contributed by atoms with Crippen LogP contribution >= 0.6 is 0 Å². The van der Waals surface area contributed by atoms with Gasteiger partial charge in [0.25, 0.3) is 0 Å². The van der Waals surface area contributed by atoms with Crippen molar-refractivity contribution in [2.24, 2.45) is 0 Å². The van der Waals surface area contributed by atoms with Gasteiger partial charge in [-0.2, -0.15) is 0 Å². The summed E-state index contributed by atoms with van der Waals surface area (Å²) in [4.78, 5) is 4.55. The first-order valence-corrected chi connectivity index (χ1v) is 6.98. The van der Waals surface area contributed by atoms with Gasteiger partial charge in [0.05, 0.1) is 23.1 Å². The average molecular weight is 306 g/mol. The van der Waals surface area contributed by atoms with Crippen molar-refractivity contribution < 1.29 is 9.50 Å². The zero-order chi connectivity index (χ0) is 15.8. The highest BCUT2D eigenvalue weighted by atomic mass is 19.1. The van der Waals surface area contributed by atoms with Crippen LogP contribution in [0.5, 0.6) is 5.75 Å². The molecule has 4 aromatic rings. The van der Waals surface area contributed by atoms with Crippen LogP contribution in [-0.2, 0) is 0 Å². The first-order valence-electron chi connectivity index (χ1n) is 6.98. The van der Waals surface area contributed by atoms with Crippen molar-refractivity contribution in [3.8, 4) is 22.8 Å². The van der Waals surface area contributed by atoms with E-state index in [2.05, 4.69) is 15.3 Å². The Morgan fingerprint density at radius 3 is 2.70 bits per heavy atom. The van der Waals surface area contributed by atoms with E-state index in [-0.39, 0.29) is 0 Å². The molecule has 2 heterocycles. The van der Waals surface area contributed by atoms with Crippen molar-refractivity contribution in [3.05, 3.63) is 66.6 Å². The van der Waals surface area contributed by atoms with Gasteiger partial charge in [0.2, 0.25) is 0 Å². The Hall–Kier alpha value is -3.28. The molecule has 0 atom stereocenters. The van der Waals surface area contributed by atoms with E-state index in [1.807, 2.05) is 36.4 Å². The maximum Gasteiger partial charge on any atom is 0.166 e. The Balaban J connectivity index is 1.75. The van der Waals surface area contributed by atoms with Crippen molar-refractivity contribution in [3.63, 3.8) is 0 Å². The number of benzene rings is 2. The highest BCUT2D eigenvalue weighted by molar-refractivity contribution is 5.80. The standard InChI is InChI=1S/C17H11FN4O/c18-13-9-12(6-8-17(13)23)22-10-16(20-21-22)15-7-5-11-3-1-2-4-14(11)19-15/h1-10,23H. The molecule has 6 heteroatoms. The van der Waals surface area contributed by atoms with Gasteiger partial charge in [-0.1, -0.05) is 29.5 Å². The third-order valence-electron chi connectivity index (χ3n) is 3.55. The lowest BCUT2D eigenvalue weighted by molar-refractivity contribution is 0.432. The van der Waals surface area contributed by atoms with Crippen LogP contribution in [0, 0.1) is 5.82 Å². The molecule has 2 aromatic heterocycles. The predicted molar refractivity (Wildman–Crippen MR) is 83.7 cm³/mol. The van der Waals surface area contributed by atoms with Crippen LogP contribution in [0.2, 0.25) is 0 Å². The van der Waals surface area contributed by atoms with Crippen LogP contribution in [0.3, 0.4) is 0 Å². The fraction of sp³-hybridized carbons (Fsp3) is 0. The van der Waals surface area contributed by atoms with Gasteiger partial charge in [-0.3, -0.25) is 0 Å². The lowest BCUT2D eigenvalue weighted by atomic mass is 10.2. The Morgan fingerprint density at radius 1 is 0.957 bits per heavy atom. The summed E-state index contributed by atoms with van der Waals surface area (Å²) >= 11 is 0. The van der Waals surface area contributed by atoms with E-state index in [9.17, 15) is 9.50 Å². The molecule has 23 heavy (non-hydrogen) atoms. The van der Waals surface area contributed by atoms with Crippen molar-refractivity contribution >= 4 is 10.9 Å². The molecule has 0 aliphatic carbocycles. The third-order valence-corrected chi connectivity index (χ3v) is 3.55. The number of aromatic nitrogens is 4. The van der Waals surface area contributed by atoms with Crippen molar-refractivity contribution in [1.29, 1.82) is 0 Å². The van der Waals surface area contributed by atoms with Crippen LogP contribution in [0.1, 0.15) is 0 Å². The fourth-order valence-corrected chi connectivity index (χ4v) is 2.35. The molecular weight excluding hydrogens is 295 g/mol. The van der Waals surface area contributed by atoms with Crippen molar-refractivity contribution in [2.75, 3.05) is 0 Å². The van der Waals surface area contributed by atoms with E-state index >= 15 is 0 Å². The minimum Gasteiger partial charge on any atom is -0.505 e. The molecule has 0 saturated carbocycles. The largest absolute Gasteiger partial charge is 0.505 e. The van der Waals surface area contributed by atoms with Crippen LogP contribution < -0.4 is 0 Å². The number of fused-ring (bicyclic) bond motifs is 1. The normalized spacial score (nSPS) is 11.0. The highest BCUT2D eigenvalue weighted by Crippen LogP contribution is 2.22. The second kappa shape index (κ2) is 5.17. The zero-order valence-corrected chi connectivity index (χ0v) is 11.9.